The van der Waals surface area contributed by atoms with Gasteiger partial charge in [-0.25, -0.2) is 17.5 Å². The molecule has 1 aromatic rings. The number of benzene rings is 1. The van der Waals surface area contributed by atoms with E-state index < -0.39 is 15.8 Å². The molecular weight excluding hydrogens is 291 g/mol. The van der Waals surface area contributed by atoms with Crippen LogP contribution in [0.5, 0.6) is 0 Å². The highest BCUT2D eigenvalue weighted by atomic mass is 32.2. The maximum Gasteiger partial charge on any atom is 0.243 e. The Morgan fingerprint density at radius 2 is 1.86 bits per heavy atom. The quantitative estimate of drug-likeness (QED) is 0.848. The molecule has 0 aliphatic carbocycles. The molecule has 0 fully saturated rings. The van der Waals surface area contributed by atoms with Gasteiger partial charge in [-0.3, -0.25) is 0 Å². The van der Waals surface area contributed by atoms with Gasteiger partial charge in [0.1, 0.15) is 10.7 Å². The lowest BCUT2D eigenvalue weighted by Gasteiger charge is -2.19. The SMILES string of the molecule is CC(C)NCc1ccc(S(=O)(=O)NCC(C)(C)C)c(F)c1. The summed E-state index contributed by atoms with van der Waals surface area (Å²) in [6.07, 6.45) is 0. The third-order valence-electron chi connectivity index (χ3n) is 2.79. The molecule has 21 heavy (non-hydrogen) atoms. The lowest BCUT2D eigenvalue weighted by atomic mass is 9.98. The highest BCUT2D eigenvalue weighted by molar-refractivity contribution is 7.89. The van der Waals surface area contributed by atoms with Crippen LogP contribution in [0.4, 0.5) is 4.39 Å². The molecule has 4 nitrogen and oxygen atoms in total. The van der Waals surface area contributed by atoms with Gasteiger partial charge >= 0.3 is 0 Å². The Bertz CT molecular complexity index is 578. The van der Waals surface area contributed by atoms with Crippen molar-refractivity contribution in [1.29, 1.82) is 0 Å². The Kier molecular flexibility index (Phi) is 5.90. The number of hydrogen-bond donors (Lipinski definition) is 2. The van der Waals surface area contributed by atoms with Crippen LogP contribution in [0.25, 0.3) is 0 Å². The lowest BCUT2D eigenvalue weighted by Crippen LogP contribution is -2.32. The minimum atomic E-state index is -3.82. The van der Waals surface area contributed by atoms with Crippen molar-refractivity contribution in [2.45, 2.75) is 52.1 Å². The zero-order chi connectivity index (χ0) is 16.3. The molecule has 0 bridgehead atoms. The monoisotopic (exact) mass is 316 g/mol. The van der Waals surface area contributed by atoms with Crippen LogP contribution in [0.15, 0.2) is 23.1 Å². The van der Waals surface area contributed by atoms with Crippen molar-refractivity contribution in [1.82, 2.24) is 10.0 Å². The zero-order valence-electron chi connectivity index (χ0n) is 13.3. The average molecular weight is 316 g/mol. The minimum Gasteiger partial charge on any atom is -0.310 e. The van der Waals surface area contributed by atoms with Crippen LogP contribution in [0.1, 0.15) is 40.2 Å². The van der Waals surface area contributed by atoms with Gasteiger partial charge in [-0.15, -0.1) is 0 Å². The number of rotatable bonds is 6. The molecular formula is C15H25FN2O2S. The molecule has 2 N–H and O–H groups in total. The highest BCUT2D eigenvalue weighted by Crippen LogP contribution is 2.18. The normalized spacial score (nSPS) is 12.9. The lowest BCUT2D eigenvalue weighted by molar-refractivity contribution is 0.407. The molecule has 1 aromatic carbocycles. The largest absolute Gasteiger partial charge is 0.310 e. The Hall–Kier alpha value is -0.980. The molecule has 0 spiro atoms. The van der Waals surface area contributed by atoms with Gasteiger partial charge in [0.25, 0.3) is 0 Å². The van der Waals surface area contributed by atoms with Gasteiger partial charge in [0.05, 0.1) is 0 Å². The Balaban J connectivity index is 2.88. The first-order valence-electron chi connectivity index (χ1n) is 7.03. The van der Waals surface area contributed by atoms with Crippen LogP contribution in [0.3, 0.4) is 0 Å². The molecule has 1 rings (SSSR count). The second-order valence-corrected chi connectivity index (χ2v) is 8.42. The fraction of sp³-hybridized carbons (Fsp3) is 0.600. The van der Waals surface area contributed by atoms with Crippen molar-refractivity contribution >= 4 is 10.0 Å². The average Bonchev–Trinajstić information content (AvgIpc) is 2.33. The summed E-state index contributed by atoms with van der Waals surface area (Å²) in [5.41, 5.74) is 0.515. The van der Waals surface area contributed by atoms with E-state index >= 15 is 0 Å². The highest BCUT2D eigenvalue weighted by Gasteiger charge is 2.21. The fourth-order valence-corrected chi connectivity index (χ4v) is 2.92. The first kappa shape index (κ1) is 18.1. The summed E-state index contributed by atoms with van der Waals surface area (Å²) < 4.78 is 40.7. The fourth-order valence-electron chi connectivity index (χ4n) is 1.58. The molecule has 0 radical (unpaired) electrons. The van der Waals surface area contributed by atoms with E-state index in [1.165, 1.54) is 12.1 Å². The van der Waals surface area contributed by atoms with Gasteiger partial charge in [-0.1, -0.05) is 40.7 Å². The van der Waals surface area contributed by atoms with Crippen molar-refractivity contribution in [2.75, 3.05) is 6.54 Å². The van der Waals surface area contributed by atoms with Crippen molar-refractivity contribution in [3.63, 3.8) is 0 Å². The molecule has 0 amide bonds. The molecule has 0 heterocycles. The number of nitrogens with one attached hydrogen (secondary N) is 2. The van der Waals surface area contributed by atoms with Crippen LogP contribution in [-0.2, 0) is 16.6 Å². The third kappa shape index (κ3) is 6.11. The summed E-state index contributed by atoms with van der Waals surface area (Å²) in [4.78, 5) is -0.306. The molecule has 0 aliphatic rings. The van der Waals surface area contributed by atoms with E-state index in [2.05, 4.69) is 10.0 Å². The maximum absolute atomic E-state index is 14.0. The van der Waals surface area contributed by atoms with Gasteiger partial charge in [0.15, 0.2) is 0 Å². The zero-order valence-corrected chi connectivity index (χ0v) is 14.1. The van der Waals surface area contributed by atoms with Crippen LogP contribution >= 0.6 is 0 Å². The van der Waals surface area contributed by atoms with Gasteiger partial charge in [0.2, 0.25) is 10.0 Å². The minimum absolute atomic E-state index is 0.204. The summed E-state index contributed by atoms with van der Waals surface area (Å²) in [7, 11) is -3.82. The van der Waals surface area contributed by atoms with Crippen molar-refractivity contribution in [3.8, 4) is 0 Å². The second-order valence-electron chi connectivity index (χ2n) is 6.69. The number of sulfonamides is 1. The Morgan fingerprint density at radius 3 is 2.33 bits per heavy atom. The summed E-state index contributed by atoms with van der Waals surface area (Å²) >= 11 is 0. The van der Waals surface area contributed by atoms with Crippen molar-refractivity contribution in [3.05, 3.63) is 29.6 Å². The van der Waals surface area contributed by atoms with Crippen LogP contribution < -0.4 is 10.0 Å². The summed E-state index contributed by atoms with van der Waals surface area (Å²) in [5, 5.41) is 3.16. The summed E-state index contributed by atoms with van der Waals surface area (Å²) in [6, 6.07) is 4.49. The first-order valence-corrected chi connectivity index (χ1v) is 8.51. The van der Waals surface area contributed by atoms with E-state index in [1.807, 2.05) is 34.6 Å². The number of halogens is 1. The molecule has 0 saturated heterocycles. The van der Waals surface area contributed by atoms with E-state index in [1.54, 1.807) is 6.07 Å². The molecule has 0 saturated carbocycles. The Morgan fingerprint density at radius 1 is 1.24 bits per heavy atom. The molecule has 0 aromatic heterocycles. The van der Waals surface area contributed by atoms with Gasteiger partial charge < -0.3 is 5.32 Å². The van der Waals surface area contributed by atoms with Crippen LogP contribution in [0.2, 0.25) is 0 Å². The van der Waals surface area contributed by atoms with E-state index in [-0.39, 0.29) is 22.9 Å². The summed E-state index contributed by atoms with van der Waals surface area (Å²) in [5.74, 6) is -0.723. The summed E-state index contributed by atoms with van der Waals surface area (Å²) in [6.45, 7) is 10.5. The van der Waals surface area contributed by atoms with Crippen LogP contribution in [0, 0.1) is 11.2 Å². The molecule has 0 aliphatic heterocycles. The van der Waals surface area contributed by atoms with E-state index in [9.17, 15) is 12.8 Å². The predicted octanol–water partition coefficient (Wildman–Crippen LogP) is 2.65. The Labute approximate surface area is 127 Å². The standard InChI is InChI=1S/C15H25FN2O2S/c1-11(2)17-9-12-6-7-14(13(16)8-12)21(19,20)18-10-15(3,4)5/h6-8,11,17-18H,9-10H2,1-5H3. The predicted molar refractivity (Wildman–Crippen MR) is 83.0 cm³/mol. The van der Waals surface area contributed by atoms with Crippen molar-refractivity contribution < 1.29 is 12.8 Å². The molecule has 0 unspecified atom stereocenters. The van der Waals surface area contributed by atoms with E-state index in [0.29, 0.717) is 6.54 Å². The van der Waals surface area contributed by atoms with E-state index in [0.717, 1.165) is 5.56 Å². The van der Waals surface area contributed by atoms with Gasteiger partial charge in [0, 0.05) is 19.1 Å². The van der Waals surface area contributed by atoms with Gasteiger partial charge in [-0.05, 0) is 23.1 Å². The first-order chi connectivity index (χ1) is 9.51. The maximum atomic E-state index is 14.0. The molecule has 0 atom stereocenters. The topological polar surface area (TPSA) is 58.2 Å². The van der Waals surface area contributed by atoms with Gasteiger partial charge in [-0.2, -0.15) is 0 Å². The van der Waals surface area contributed by atoms with Crippen LogP contribution in [-0.4, -0.2) is 21.0 Å². The second kappa shape index (κ2) is 6.85. The van der Waals surface area contributed by atoms with Crippen molar-refractivity contribution in [2.24, 2.45) is 5.41 Å². The number of hydrogen-bond acceptors (Lipinski definition) is 3. The third-order valence-corrected chi connectivity index (χ3v) is 4.23. The molecule has 6 heteroatoms. The van der Waals surface area contributed by atoms with E-state index in [4.69, 9.17) is 0 Å². The smallest absolute Gasteiger partial charge is 0.243 e. The molecule has 120 valence electrons.